The molecule has 9 nitrogen and oxygen atoms in total. The molecule has 0 saturated carbocycles. The fraction of sp³-hybridized carbons (Fsp3) is 0.364. The second-order valence-corrected chi connectivity index (χ2v) is 7.14. The first-order valence-corrected chi connectivity index (χ1v) is 10.4. The molecule has 186 valence electrons. The number of aryl methyl sites for hydroxylation is 1. The number of nitrogens with one attached hydrogen (secondary N) is 4. The maximum absolute atomic E-state index is 15.0. The van der Waals surface area contributed by atoms with Crippen molar-refractivity contribution in [2.45, 2.75) is 26.3 Å². The molecule has 0 saturated heterocycles. The van der Waals surface area contributed by atoms with Crippen molar-refractivity contribution in [1.82, 2.24) is 16.3 Å². The van der Waals surface area contributed by atoms with Crippen LogP contribution in [-0.4, -0.2) is 43.8 Å². The molecule has 0 aliphatic rings. The van der Waals surface area contributed by atoms with Crippen LogP contribution in [0.5, 0.6) is 0 Å². The summed E-state index contributed by atoms with van der Waals surface area (Å²) in [5, 5.41) is 13.7. The number of carbonyl (C=O) groups excluding carboxylic acids is 2. The second-order valence-electron chi connectivity index (χ2n) is 7.14. The minimum absolute atomic E-state index is 0.131. The van der Waals surface area contributed by atoms with Gasteiger partial charge >= 0.3 is 0 Å². The molecule has 0 radical (unpaired) electrons. The lowest BCUT2D eigenvalue weighted by Crippen LogP contribution is -2.27. The number of aliphatic hydroxyl groups is 1. The minimum Gasteiger partial charge on any atom is -0.394 e. The summed E-state index contributed by atoms with van der Waals surface area (Å²) >= 11 is 0. The van der Waals surface area contributed by atoms with Gasteiger partial charge in [0.05, 0.1) is 36.8 Å². The number of hydrogen-bond donors (Lipinski definition) is 5. The molecule has 0 unspecified atom stereocenters. The summed E-state index contributed by atoms with van der Waals surface area (Å²) in [5.74, 6) is -4.52. The summed E-state index contributed by atoms with van der Waals surface area (Å²) in [6.45, 7) is 0.867. The molecule has 34 heavy (non-hydrogen) atoms. The van der Waals surface area contributed by atoms with Crippen LogP contribution >= 0.6 is 0 Å². The highest BCUT2D eigenvalue weighted by molar-refractivity contribution is 6.00. The van der Waals surface area contributed by atoms with E-state index in [2.05, 4.69) is 16.1 Å². The Hall–Kier alpha value is -3.19. The molecule has 2 amide bonds. The van der Waals surface area contributed by atoms with Crippen molar-refractivity contribution in [1.29, 1.82) is 0 Å². The highest BCUT2D eigenvalue weighted by Gasteiger charge is 2.24. The van der Waals surface area contributed by atoms with Gasteiger partial charge in [-0.05, 0) is 37.1 Å². The van der Waals surface area contributed by atoms with E-state index < -0.39 is 29.0 Å². The Morgan fingerprint density at radius 1 is 1.06 bits per heavy atom. The van der Waals surface area contributed by atoms with E-state index in [4.69, 9.17) is 14.8 Å². The second kappa shape index (κ2) is 13.5. The normalized spacial score (nSPS) is 10.8. The van der Waals surface area contributed by atoms with Gasteiger partial charge in [-0.2, -0.15) is 5.48 Å². The SMILES string of the molecule is CNC(=O)CCCONCc1cc(C(=O)NOCCO)c(Nc2ccc(C)cc2F)c(F)c1F. The van der Waals surface area contributed by atoms with Crippen LogP contribution in [0.25, 0.3) is 0 Å². The average Bonchev–Trinajstić information content (AvgIpc) is 2.81. The van der Waals surface area contributed by atoms with E-state index in [0.717, 1.165) is 6.07 Å². The summed E-state index contributed by atoms with van der Waals surface area (Å²) in [7, 11) is 1.51. The zero-order chi connectivity index (χ0) is 25.1. The number of hydrogen-bond acceptors (Lipinski definition) is 7. The van der Waals surface area contributed by atoms with Crippen molar-refractivity contribution in [2.24, 2.45) is 0 Å². The molecule has 0 spiro atoms. The van der Waals surface area contributed by atoms with Crippen molar-refractivity contribution in [3.05, 3.63) is 58.4 Å². The molecule has 0 bridgehead atoms. The Balaban J connectivity index is 2.24. The fourth-order valence-electron chi connectivity index (χ4n) is 2.81. The van der Waals surface area contributed by atoms with Gasteiger partial charge in [0.15, 0.2) is 11.6 Å². The van der Waals surface area contributed by atoms with E-state index >= 15 is 0 Å². The van der Waals surface area contributed by atoms with E-state index in [9.17, 15) is 22.8 Å². The average molecular weight is 484 g/mol. The van der Waals surface area contributed by atoms with Crippen molar-refractivity contribution in [3.8, 4) is 0 Å². The van der Waals surface area contributed by atoms with Gasteiger partial charge in [-0.25, -0.2) is 18.7 Å². The van der Waals surface area contributed by atoms with E-state index in [0.29, 0.717) is 12.0 Å². The Morgan fingerprint density at radius 3 is 2.50 bits per heavy atom. The smallest absolute Gasteiger partial charge is 0.277 e. The summed E-state index contributed by atoms with van der Waals surface area (Å²) in [5.41, 5.74) is 3.70. The molecule has 12 heteroatoms. The van der Waals surface area contributed by atoms with Gasteiger partial charge in [-0.3, -0.25) is 14.4 Å². The lowest BCUT2D eigenvalue weighted by Gasteiger charge is -2.17. The highest BCUT2D eigenvalue weighted by atomic mass is 19.2. The van der Waals surface area contributed by atoms with Crippen molar-refractivity contribution in [3.63, 3.8) is 0 Å². The number of aliphatic hydroxyl groups excluding tert-OH is 1. The number of hydroxylamine groups is 2. The Kier molecular flexibility index (Phi) is 10.7. The Labute approximate surface area is 194 Å². The zero-order valence-corrected chi connectivity index (χ0v) is 18.8. The molecule has 0 aliphatic carbocycles. The highest BCUT2D eigenvalue weighted by Crippen LogP contribution is 2.30. The van der Waals surface area contributed by atoms with Crippen LogP contribution in [0.1, 0.15) is 34.3 Å². The van der Waals surface area contributed by atoms with Gasteiger partial charge in [0, 0.05) is 25.6 Å². The standard InChI is InChI=1S/C22H27F3N4O5/c1-13-5-6-17(16(23)10-13)28-21-15(22(32)29-34-9-7-30)11-14(19(24)20(21)25)12-27-33-8-3-4-18(31)26-2/h5-6,10-11,27-28,30H,3-4,7-9,12H2,1-2H3,(H,26,31)(H,29,32). The Morgan fingerprint density at radius 2 is 1.82 bits per heavy atom. The molecule has 5 N–H and O–H groups in total. The molecular weight excluding hydrogens is 457 g/mol. The quantitative estimate of drug-likeness (QED) is 0.219. The molecule has 0 aliphatic heterocycles. The van der Waals surface area contributed by atoms with Crippen molar-refractivity contribution in [2.75, 3.05) is 32.2 Å². The van der Waals surface area contributed by atoms with Crippen LogP contribution in [-0.2, 0) is 21.0 Å². The van der Waals surface area contributed by atoms with Gasteiger partial charge in [0.1, 0.15) is 5.82 Å². The van der Waals surface area contributed by atoms with E-state index in [1.54, 1.807) is 13.0 Å². The number of anilines is 2. The number of carbonyl (C=O) groups is 2. The number of amides is 2. The predicted molar refractivity (Wildman–Crippen MR) is 117 cm³/mol. The number of halogens is 3. The van der Waals surface area contributed by atoms with Crippen molar-refractivity contribution >= 4 is 23.2 Å². The lowest BCUT2D eigenvalue weighted by molar-refractivity contribution is -0.121. The predicted octanol–water partition coefficient (Wildman–Crippen LogP) is 2.36. The topological polar surface area (TPSA) is 121 Å². The van der Waals surface area contributed by atoms with Crippen LogP contribution in [0, 0.1) is 24.4 Å². The maximum atomic E-state index is 15.0. The van der Waals surface area contributed by atoms with E-state index in [1.807, 2.05) is 5.48 Å². The summed E-state index contributed by atoms with van der Waals surface area (Å²) in [6.07, 6.45) is 0.625. The summed E-state index contributed by atoms with van der Waals surface area (Å²) < 4.78 is 44.0. The molecular formula is C22H27F3N4O5. The Bertz CT molecular complexity index is 1010. The monoisotopic (exact) mass is 484 g/mol. The zero-order valence-electron chi connectivity index (χ0n) is 18.8. The van der Waals surface area contributed by atoms with Gasteiger partial charge < -0.3 is 20.6 Å². The van der Waals surface area contributed by atoms with Gasteiger partial charge in [-0.1, -0.05) is 6.07 Å². The summed E-state index contributed by atoms with van der Waals surface area (Å²) in [6, 6.07) is 5.14. The molecule has 0 heterocycles. The van der Waals surface area contributed by atoms with Crippen LogP contribution in [0.3, 0.4) is 0 Å². The van der Waals surface area contributed by atoms with Crippen LogP contribution in [0.2, 0.25) is 0 Å². The van der Waals surface area contributed by atoms with Crippen LogP contribution in [0.4, 0.5) is 24.5 Å². The number of benzene rings is 2. The first-order valence-electron chi connectivity index (χ1n) is 10.4. The van der Waals surface area contributed by atoms with Crippen LogP contribution in [0.15, 0.2) is 24.3 Å². The largest absolute Gasteiger partial charge is 0.394 e. The van der Waals surface area contributed by atoms with Gasteiger partial charge in [0.2, 0.25) is 5.91 Å². The fourth-order valence-corrected chi connectivity index (χ4v) is 2.81. The van der Waals surface area contributed by atoms with E-state index in [-0.39, 0.29) is 55.5 Å². The first kappa shape index (κ1) is 27.1. The van der Waals surface area contributed by atoms with Crippen LogP contribution < -0.4 is 21.6 Å². The van der Waals surface area contributed by atoms with E-state index in [1.165, 1.54) is 19.2 Å². The third-order valence-corrected chi connectivity index (χ3v) is 4.56. The van der Waals surface area contributed by atoms with Gasteiger partial charge in [0.25, 0.3) is 5.91 Å². The molecule has 0 aromatic heterocycles. The lowest BCUT2D eigenvalue weighted by atomic mass is 10.1. The van der Waals surface area contributed by atoms with Gasteiger partial charge in [-0.15, -0.1) is 0 Å². The molecule has 2 rings (SSSR count). The third-order valence-electron chi connectivity index (χ3n) is 4.56. The molecule has 0 fully saturated rings. The summed E-state index contributed by atoms with van der Waals surface area (Å²) in [4.78, 5) is 33.6. The van der Waals surface area contributed by atoms with Crippen molar-refractivity contribution < 1.29 is 37.5 Å². The maximum Gasteiger partial charge on any atom is 0.277 e. The number of rotatable bonds is 13. The first-order chi connectivity index (χ1) is 16.3. The molecule has 0 atom stereocenters. The molecule has 2 aromatic carbocycles. The third kappa shape index (κ3) is 7.70. The minimum atomic E-state index is -1.41. The molecule has 2 aromatic rings.